The summed E-state index contributed by atoms with van der Waals surface area (Å²) in [7, 11) is 0. The Bertz CT molecular complexity index is 827. The van der Waals surface area contributed by atoms with Gasteiger partial charge in [-0.2, -0.15) is 0 Å². The van der Waals surface area contributed by atoms with Crippen molar-refractivity contribution in [3.63, 3.8) is 0 Å². The third-order valence-corrected chi connectivity index (χ3v) is 11.3. The van der Waals surface area contributed by atoms with E-state index in [2.05, 4.69) is 26.1 Å². The minimum atomic E-state index is -1.08. The van der Waals surface area contributed by atoms with Gasteiger partial charge in [0.2, 0.25) is 5.91 Å². The summed E-state index contributed by atoms with van der Waals surface area (Å²) in [6.07, 6.45) is 37.7. The van der Waals surface area contributed by atoms with Crippen LogP contribution >= 0.6 is 11.8 Å². The van der Waals surface area contributed by atoms with E-state index in [1.807, 2.05) is 0 Å². The summed E-state index contributed by atoms with van der Waals surface area (Å²) < 4.78 is 11.8. The summed E-state index contributed by atoms with van der Waals surface area (Å²) in [6.45, 7) is 9.15. The number of carboxylic acid groups (broad SMARTS) is 1. The molecule has 52 heavy (non-hydrogen) atoms. The fraction of sp³-hybridized carbons (Fsp3) is 0.932. The second kappa shape index (κ2) is 38.0. The van der Waals surface area contributed by atoms with Gasteiger partial charge >= 0.3 is 11.9 Å². The van der Waals surface area contributed by atoms with Crippen LogP contribution in [0.15, 0.2) is 0 Å². The van der Waals surface area contributed by atoms with Crippen molar-refractivity contribution in [3.05, 3.63) is 0 Å². The molecule has 0 saturated heterocycles. The van der Waals surface area contributed by atoms with Crippen LogP contribution in [0.3, 0.4) is 0 Å². The molecule has 2 atom stereocenters. The third-order valence-electron chi connectivity index (χ3n) is 10.0. The van der Waals surface area contributed by atoms with Crippen LogP contribution in [0.1, 0.15) is 233 Å². The van der Waals surface area contributed by atoms with Crippen LogP contribution in [0, 0.1) is 0 Å². The molecule has 0 saturated carbocycles. The van der Waals surface area contributed by atoms with Gasteiger partial charge in [-0.1, -0.05) is 194 Å². The zero-order chi connectivity index (χ0) is 38.4. The number of hydrogen-bond donors (Lipinski definition) is 2. The van der Waals surface area contributed by atoms with Gasteiger partial charge in [-0.3, -0.25) is 9.59 Å². The molecule has 8 heteroatoms. The van der Waals surface area contributed by atoms with Gasteiger partial charge in [0.1, 0.15) is 6.04 Å². The molecule has 0 bridgehead atoms. The van der Waals surface area contributed by atoms with E-state index >= 15 is 0 Å². The molecule has 0 aromatic rings. The normalized spacial score (nSPS) is 13.2. The number of hydrogen-bond acceptors (Lipinski definition) is 6. The first-order chi connectivity index (χ1) is 25.3. The topological polar surface area (TPSA) is 102 Å². The molecule has 0 spiro atoms. The van der Waals surface area contributed by atoms with E-state index in [1.165, 1.54) is 153 Å². The van der Waals surface area contributed by atoms with Gasteiger partial charge in [-0.15, -0.1) is 11.8 Å². The quantitative estimate of drug-likeness (QED) is 0.0364. The van der Waals surface area contributed by atoms with Crippen LogP contribution in [0.2, 0.25) is 0 Å². The third kappa shape index (κ3) is 34.5. The number of carboxylic acids is 1. The predicted octanol–water partition coefficient (Wildman–Crippen LogP) is 13.1. The number of carbonyl (C=O) groups is 3. The van der Waals surface area contributed by atoms with Gasteiger partial charge in [0.15, 0.2) is 4.93 Å². The average Bonchev–Trinajstić information content (AvgIpc) is 3.12. The summed E-state index contributed by atoms with van der Waals surface area (Å²) in [5.41, 5.74) is 0. The molecule has 0 fully saturated rings. The van der Waals surface area contributed by atoms with E-state index in [-0.39, 0.29) is 24.2 Å². The van der Waals surface area contributed by atoms with Gasteiger partial charge in [0.25, 0.3) is 0 Å². The standard InChI is InChI=1S/C44H85NO6S/c1-5-8-11-13-15-17-19-21-22-24-26-28-30-32-34-36-42(47)51-44(4,39-50-37-10-7-3)52-38-40(43(48)49)45-41(46)35-33-31-29-27-25-23-20-18-16-14-12-9-6-2/h40H,5-39H2,1-4H3,(H,45,46)(H,48,49)/t40-,44?/m0/s1. The average molecular weight is 756 g/mol. The zero-order valence-corrected chi connectivity index (χ0v) is 35.5. The second-order valence-electron chi connectivity index (χ2n) is 15.5. The molecule has 0 aromatic carbocycles. The molecule has 0 rings (SSSR count). The highest BCUT2D eigenvalue weighted by molar-refractivity contribution is 8.00. The molecule has 7 nitrogen and oxygen atoms in total. The number of esters is 1. The maximum absolute atomic E-state index is 12.9. The highest BCUT2D eigenvalue weighted by atomic mass is 32.2. The molecule has 0 heterocycles. The molecule has 1 unspecified atom stereocenters. The van der Waals surface area contributed by atoms with Crippen molar-refractivity contribution in [1.82, 2.24) is 5.32 Å². The Balaban J connectivity index is 4.33. The molecule has 0 radical (unpaired) electrons. The Labute approximate surface area is 326 Å². The van der Waals surface area contributed by atoms with E-state index in [1.54, 1.807) is 6.92 Å². The van der Waals surface area contributed by atoms with E-state index < -0.39 is 16.9 Å². The van der Waals surface area contributed by atoms with Crippen LogP contribution in [-0.2, 0) is 23.9 Å². The molecule has 0 aliphatic carbocycles. The highest BCUT2D eigenvalue weighted by Gasteiger charge is 2.33. The summed E-state index contributed by atoms with van der Waals surface area (Å²) in [5.74, 6) is -1.49. The summed E-state index contributed by atoms with van der Waals surface area (Å²) >= 11 is 1.24. The number of unbranched alkanes of at least 4 members (excludes halogenated alkanes) is 27. The number of amides is 1. The Kier molecular flexibility index (Phi) is 37.1. The smallest absolute Gasteiger partial charge is 0.327 e. The number of nitrogens with one attached hydrogen (secondary N) is 1. The fourth-order valence-electron chi connectivity index (χ4n) is 6.54. The van der Waals surface area contributed by atoms with Gasteiger partial charge in [0.05, 0.1) is 6.61 Å². The Morgan fingerprint density at radius 2 is 0.923 bits per heavy atom. The van der Waals surface area contributed by atoms with Crippen molar-refractivity contribution in [3.8, 4) is 0 Å². The molecule has 308 valence electrons. The predicted molar refractivity (Wildman–Crippen MR) is 222 cm³/mol. The molecule has 2 N–H and O–H groups in total. The van der Waals surface area contributed by atoms with Crippen molar-refractivity contribution >= 4 is 29.6 Å². The first-order valence-electron chi connectivity index (χ1n) is 22.2. The van der Waals surface area contributed by atoms with Crippen LogP contribution in [0.4, 0.5) is 0 Å². The number of aliphatic carboxylic acids is 1. The van der Waals surface area contributed by atoms with E-state index in [0.717, 1.165) is 51.4 Å². The lowest BCUT2D eigenvalue weighted by Crippen LogP contribution is -2.44. The van der Waals surface area contributed by atoms with E-state index in [4.69, 9.17) is 9.47 Å². The van der Waals surface area contributed by atoms with E-state index in [0.29, 0.717) is 19.4 Å². The van der Waals surface area contributed by atoms with Crippen LogP contribution < -0.4 is 5.32 Å². The maximum atomic E-state index is 12.9. The van der Waals surface area contributed by atoms with Crippen molar-refractivity contribution in [2.45, 2.75) is 244 Å². The molecular weight excluding hydrogens is 671 g/mol. The zero-order valence-electron chi connectivity index (χ0n) is 34.7. The summed E-state index contributed by atoms with van der Waals surface area (Å²) in [5, 5.41) is 12.6. The number of carbonyl (C=O) groups excluding carboxylic acids is 2. The molecular formula is C44H85NO6S. The molecule has 1 amide bonds. The first kappa shape index (κ1) is 50.7. The monoisotopic (exact) mass is 756 g/mol. The minimum Gasteiger partial charge on any atom is -0.480 e. The summed E-state index contributed by atoms with van der Waals surface area (Å²) in [6, 6.07) is -1.05. The van der Waals surface area contributed by atoms with Crippen molar-refractivity contribution in [1.29, 1.82) is 0 Å². The van der Waals surface area contributed by atoms with Crippen molar-refractivity contribution in [2.75, 3.05) is 19.0 Å². The van der Waals surface area contributed by atoms with Crippen molar-refractivity contribution < 1.29 is 29.0 Å². The summed E-state index contributed by atoms with van der Waals surface area (Å²) in [4.78, 5) is 36.5. The van der Waals surface area contributed by atoms with Gasteiger partial charge < -0.3 is 19.9 Å². The maximum Gasteiger partial charge on any atom is 0.327 e. The number of ether oxygens (including phenoxy) is 2. The Morgan fingerprint density at radius 1 is 0.558 bits per heavy atom. The van der Waals surface area contributed by atoms with Gasteiger partial charge in [-0.25, -0.2) is 4.79 Å². The molecule has 0 aliphatic heterocycles. The number of thioether (sulfide) groups is 1. The Hall–Kier alpha value is -1.28. The van der Waals surface area contributed by atoms with E-state index in [9.17, 15) is 19.5 Å². The van der Waals surface area contributed by atoms with Gasteiger partial charge in [-0.05, 0) is 26.2 Å². The highest BCUT2D eigenvalue weighted by Crippen LogP contribution is 2.29. The largest absolute Gasteiger partial charge is 0.480 e. The Morgan fingerprint density at radius 3 is 1.31 bits per heavy atom. The fourth-order valence-corrected chi connectivity index (χ4v) is 7.60. The van der Waals surface area contributed by atoms with Crippen LogP contribution in [-0.4, -0.2) is 52.9 Å². The number of rotatable bonds is 41. The SMILES string of the molecule is CCCCCCCCCCCCCCCCCC(=O)OC(C)(COCCCC)SC[C@H](NC(=O)CCCCCCCCCCCCCCC)C(=O)O. The molecule has 0 aromatic heterocycles. The molecule has 0 aliphatic rings. The lowest BCUT2D eigenvalue weighted by Gasteiger charge is -2.30. The van der Waals surface area contributed by atoms with Gasteiger partial charge in [0, 0.05) is 25.2 Å². The minimum absolute atomic E-state index is 0.0968. The van der Waals surface area contributed by atoms with Crippen molar-refractivity contribution in [2.24, 2.45) is 0 Å². The lowest BCUT2D eigenvalue weighted by atomic mass is 10.0. The lowest BCUT2D eigenvalue weighted by molar-refractivity contribution is -0.154. The second-order valence-corrected chi connectivity index (χ2v) is 17.0. The first-order valence-corrected chi connectivity index (χ1v) is 23.2. The van der Waals surface area contributed by atoms with Crippen LogP contribution in [0.25, 0.3) is 0 Å². The van der Waals surface area contributed by atoms with Crippen LogP contribution in [0.5, 0.6) is 0 Å².